The molecule has 1 saturated heterocycles. The molecule has 1 aliphatic heterocycles. The molecule has 110 valence electrons. The third kappa shape index (κ3) is 3.28. The van der Waals surface area contributed by atoms with Crippen molar-refractivity contribution in [3.63, 3.8) is 0 Å². The van der Waals surface area contributed by atoms with E-state index in [0.29, 0.717) is 6.42 Å². The molecule has 2 rings (SSSR count). The Balaban J connectivity index is 2.06. The zero-order chi connectivity index (χ0) is 14.0. The molecule has 3 atom stereocenters. The highest BCUT2D eigenvalue weighted by Crippen LogP contribution is 2.32. The number of nitrogens with zero attached hydrogens (tertiary/aromatic N) is 1. The Hall–Kier alpha value is -0.620. The number of sulfone groups is 1. The largest absolute Gasteiger partial charge is 0.468 e. The van der Waals surface area contributed by atoms with E-state index in [-0.39, 0.29) is 23.3 Å². The summed E-state index contributed by atoms with van der Waals surface area (Å²) < 4.78 is 28.3. The van der Waals surface area contributed by atoms with Crippen LogP contribution in [-0.4, -0.2) is 56.5 Å². The van der Waals surface area contributed by atoms with Crippen LogP contribution in [0.25, 0.3) is 0 Å². The molecule has 1 saturated carbocycles. The van der Waals surface area contributed by atoms with Gasteiger partial charge < -0.3 is 4.74 Å². The lowest BCUT2D eigenvalue weighted by Crippen LogP contribution is -2.47. The second-order valence-electron chi connectivity index (χ2n) is 5.69. The maximum atomic E-state index is 11.8. The minimum absolute atomic E-state index is 0.173. The first-order valence-electron chi connectivity index (χ1n) is 6.96. The maximum Gasteiger partial charge on any atom is 0.323 e. The first-order valence-corrected chi connectivity index (χ1v) is 8.91. The van der Waals surface area contributed by atoms with E-state index in [2.05, 4.69) is 4.90 Å². The van der Waals surface area contributed by atoms with Gasteiger partial charge in [0.2, 0.25) is 0 Å². The van der Waals surface area contributed by atoms with Crippen LogP contribution in [0.5, 0.6) is 0 Å². The van der Waals surface area contributed by atoms with Crippen molar-refractivity contribution in [2.24, 2.45) is 0 Å². The number of esters is 1. The molecule has 0 bridgehead atoms. The number of carbonyl (C=O) groups excluding carboxylic acids is 1. The van der Waals surface area contributed by atoms with Gasteiger partial charge in [-0.3, -0.25) is 9.69 Å². The van der Waals surface area contributed by atoms with Crippen molar-refractivity contribution in [3.8, 4) is 0 Å². The van der Waals surface area contributed by atoms with E-state index in [0.717, 1.165) is 38.6 Å². The number of hydrogen-bond acceptors (Lipinski definition) is 5. The van der Waals surface area contributed by atoms with Crippen LogP contribution in [0.1, 0.15) is 38.5 Å². The summed E-state index contributed by atoms with van der Waals surface area (Å²) in [6.45, 7) is 0.876. The van der Waals surface area contributed by atoms with E-state index in [4.69, 9.17) is 4.74 Å². The minimum atomic E-state index is -2.97. The summed E-state index contributed by atoms with van der Waals surface area (Å²) in [6.07, 6.45) is 6.46. The Morgan fingerprint density at radius 2 is 1.95 bits per heavy atom. The fraction of sp³-hybridized carbons (Fsp3) is 0.923. The van der Waals surface area contributed by atoms with Crippen LogP contribution < -0.4 is 0 Å². The molecule has 0 spiro atoms. The second-order valence-corrected chi connectivity index (χ2v) is 8.02. The van der Waals surface area contributed by atoms with Crippen molar-refractivity contribution in [1.82, 2.24) is 4.90 Å². The molecule has 3 unspecified atom stereocenters. The fourth-order valence-corrected chi connectivity index (χ4v) is 4.59. The van der Waals surface area contributed by atoms with Gasteiger partial charge in [0.15, 0.2) is 0 Å². The van der Waals surface area contributed by atoms with Crippen LogP contribution >= 0.6 is 0 Å². The molecule has 0 amide bonds. The average Bonchev–Trinajstić information content (AvgIpc) is 2.86. The van der Waals surface area contributed by atoms with Crippen molar-refractivity contribution in [3.05, 3.63) is 0 Å². The predicted octanol–water partition coefficient (Wildman–Crippen LogP) is 0.980. The molecule has 0 aromatic heterocycles. The van der Waals surface area contributed by atoms with Crippen LogP contribution in [0.2, 0.25) is 0 Å². The van der Waals surface area contributed by atoms with Crippen LogP contribution in [0, 0.1) is 0 Å². The van der Waals surface area contributed by atoms with Gasteiger partial charge in [0, 0.05) is 12.3 Å². The highest BCUT2D eigenvalue weighted by Gasteiger charge is 2.39. The van der Waals surface area contributed by atoms with Crippen molar-refractivity contribution >= 4 is 15.8 Å². The molecule has 19 heavy (non-hydrogen) atoms. The smallest absolute Gasteiger partial charge is 0.323 e. The Morgan fingerprint density at radius 1 is 1.21 bits per heavy atom. The maximum absolute atomic E-state index is 11.8. The lowest BCUT2D eigenvalue weighted by molar-refractivity contribution is -0.146. The normalized spacial score (nSPS) is 33.3. The molecule has 6 heteroatoms. The van der Waals surface area contributed by atoms with Gasteiger partial charge in [0.1, 0.15) is 15.9 Å². The lowest BCUT2D eigenvalue weighted by Gasteiger charge is -2.37. The van der Waals surface area contributed by atoms with Crippen molar-refractivity contribution in [2.45, 2.75) is 55.9 Å². The van der Waals surface area contributed by atoms with Crippen molar-refractivity contribution in [1.29, 1.82) is 0 Å². The van der Waals surface area contributed by atoms with Gasteiger partial charge in [-0.15, -0.1) is 0 Å². The molecule has 2 aliphatic rings. The SMILES string of the molecule is COC(=O)C1CCCN1C1CCCC(S(C)(=O)=O)C1. The molecular weight excluding hydrogens is 266 g/mol. The number of carbonyl (C=O) groups is 1. The van der Waals surface area contributed by atoms with Crippen molar-refractivity contribution < 1.29 is 17.9 Å². The standard InChI is InChI=1S/C13H23NO4S/c1-18-13(15)12-7-4-8-14(12)10-5-3-6-11(9-10)19(2,16)17/h10-12H,3-9H2,1-2H3. The number of methoxy groups -OCH3 is 1. The van der Waals surface area contributed by atoms with Crippen LogP contribution in [0.4, 0.5) is 0 Å². The van der Waals surface area contributed by atoms with E-state index in [9.17, 15) is 13.2 Å². The first kappa shape index (κ1) is 14.8. The fourth-order valence-electron chi connectivity index (χ4n) is 3.43. The average molecular weight is 289 g/mol. The van der Waals surface area contributed by atoms with Crippen LogP contribution in [-0.2, 0) is 19.4 Å². The lowest BCUT2D eigenvalue weighted by atomic mass is 9.93. The Labute approximate surface area is 115 Å². The summed E-state index contributed by atoms with van der Waals surface area (Å²) in [5.41, 5.74) is 0. The van der Waals surface area contributed by atoms with E-state index in [1.807, 2.05) is 0 Å². The molecule has 0 aromatic rings. The van der Waals surface area contributed by atoms with Gasteiger partial charge in [-0.1, -0.05) is 6.42 Å². The van der Waals surface area contributed by atoms with Crippen LogP contribution in [0.15, 0.2) is 0 Å². The quantitative estimate of drug-likeness (QED) is 0.725. The van der Waals surface area contributed by atoms with Crippen molar-refractivity contribution in [2.75, 3.05) is 19.9 Å². The molecule has 1 aliphatic carbocycles. The highest BCUT2D eigenvalue weighted by atomic mass is 32.2. The third-order valence-corrected chi connectivity index (χ3v) is 6.08. The summed E-state index contributed by atoms with van der Waals surface area (Å²) in [7, 11) is -1.56. The summed E-state index contributed by atoms with van der Waals surface area (Å²) >= 11 is 0. The predicted molar refractivity (Wildman–Crippen MR) is 72.6 cm³/mol. The topological polar surface area (TPSA) is 63.7 Å². The molecule has 2 fully saturated rings. The van der Waals surface area contributed by atoms with E-state index < -0.39 is 9.84 Å². The van der Waals surface area contributed by atoms with Gasteiger partial charge in [-0.05, 0) is 38.6 Å². The van der Waals surface area contributed by atoms with E-state index in [1.165, 1.54) is 13.4 Å². The number of likely N-dealkylation sites (tertiary alicyclic amines) is 1. The Morgan fingerprint density at radius 3 is 2.58 bits per heavy atom. The molecule has 5 nitrogen and oxygen atoms in total. The molecule has 1 heterocycles. The van der Waals surface area contributed by atoms with E-state index >= 15 is 0 Å². The third-order valence-electron chi connectivity index (χ3n) is 4.44. The number of hydrogen-bond donors (Lipinski definition) is 0. The van der Waals surface area contributed by atoms with Gasteiger partial charge in [0.25, 0.3) is 0 Å². The molecule has 0 radical (unpaired) electrons. The zero-order valence-corrected chi connectivity index (χ0v) is 12.5. The minimum Gasteiger partial charge on any atom is -0.468 e. The summed E-state index contributed by atoms with van der Waals surface area (Å²) in [5.74, 6) is -0.182. The molecule has 0 N–H and O–H groups in total. The summed E-state index contributed by atoms with van der Waals surface area (Å²) in [6, 6.07) is 0.0355. The summed E-state index contributed by atoms with van der Waals surface area (Å²) in [4.78, 5) is 13.9. The molecule has 0 aromatic carbocycles. The zero-order valence-electron chi connectivity index (χ0n) is 11.7. The van der Waals surface area contributed by atoms with Gasteiger partial charge in [-0.25, -0.2) is 8.42 Å². The summed E-state index contributed by atoms with van der Waals surface area (Å²) in [5, 5.41) is -0.245. The Kier molecular flexibility index (Phi) is 4.50. The van der Waals surface area contributed by atoms with E-state index in [1.54, 1.807) is 0 Å². The van der Waals surface area contributed by atoms with Gasteiger partial charge >= 0.3 is 5.97 Å². The number of ether oxygens (including phenoxy) is 1. The second kappa shape index (κ2) is 5.79. The molecular formula is C13H23NO4S. The first-order chi connectivity index (χ1) is 8.93. The van der Waals surface area contributed by atoms with Gasteiger partial charge in [-0.2, -0.15) is 0 Å². The van der Waals surface area contributed by atoms with Gasteiger partial charge in [0.05, 0.1) is 12.4 Å². The Bertz CT molecular complexity index is 434. The van der Waals surface area contributed by atoms with Crippen LogP contribution in [0.3, 0.4) is 0 Å². The number of rotatable bonds is 3. The highest BCUT2D eigenvalue weighted by molar-refractivity contribution is 7.91. The monoisotopic (exact) mass is 289 g/mol.